The molecule has 10 heteroatoms. The third kappa shape index (κ3) is 8.95. The molecule has 0 aliphatic heterocycles. The average Bonchev–Trinajstić information content (AvgIpc) is 2.70. The minimum absolute atomic E-state index is 0.0321. The number of aliphatic hydroxyl groups excluding tert-OH is 1. The zero-order chi connectivity index (χ0) is 25.5. The molecule has 2 amide bonds. The van der Waals surface area contributed by atoms with Gasteiger partial charge in [0.05, 0.1) is 12.1 Å². The Morgan fingerprint density at radius 1 is 1.09 bits per heavy atom. The van der Waals surface area contributed by atoms with Crippen molar-refractivity contribution in [2.24, 2.45) is 0 Å². The monoisotopic (exact) mass is 479 g/mol. The van der Waals surface area contributed by atoms with Crippen molar-refractivity contribution in [2.45, 2.75) is 51.5 Å². The zero-order valence-electron chi connectivity index (χ0n) is 19.6. The zero-order valence-corrected chi connectivity index (χ0v) is 19.6. The van der Waals surface area contributed by atoms with Crippen molar-refractivity contribution in [3.05, 3.63) is 65.2 Å². The molecule has 4 N–H and O–H groups in total. The molecular formula is C24H31F2N3O5. The lowest BCUT2D eigenvalue weighted by molar-refractivity contribution is 0.0422. The quantitative estimate of drug-likeness (QED) is 0.437. The van der Waals surface area contributed by atoms with E-state index in [1.807, 2.05) is 0 Å². The molecule has 0 fully saturated rings. The molecule has 0 unspecified atom stereocenters. The van der Waals surface area contributed by atoms with Crippen LogP contribution in [0.2, 0.25) is 0 Å². The average molecular weight is 480 g/mol. The Balaban J connectivity index is 2.07. The maximum Gasteiger partial charge on any atom is 0.411 e. The predicted octanol–water partition coefficient (Wildman–Crippen LogP) is 3.67. The molecule has 0 aromatic heterocycles. The number of alkyl carbamates (subject to hydrolysis) is 1. The van der Waals surface area contributed by atoms with Crippen molar-refractivity contribution in [2.75, 3.05) is 18.5 Å². The van der Waals surface area contributed by atoms with Gasteiger partial charge in [-0.15, -0.1) is 0 Å². The first-order chi connectivity index (χ1) is 15.8. The summed E-state index contributed by atoms with van der Waals surface area (Å²) in [6.45, 7) is 5.43. The Labute approximate surface area is 197 Å². The Kier molecular flexibility index (Phi) is 9.34. The minimum Gasteiger partial charge on any atom is -0.465 e. The van der Waals surface area contributed by atoms with E-state index in [1.165, 1.54) is 7.05 Å². The smallest absolute Gasteiger partial charge is 0.411 e. The van der Waals surface area contributed by atoms with Crippen molar-refractivity contribution in [1.82, 2.24) is 10.6 Å². The SMILES string of the molecule is CN(C(=O)O)c1cccc(CNC[C@@H](O)[C@H](Cc2cc(F)cc(F)c2)NC(=O)OC(C)(C)C)c1. The first kappa shape index (κ1) is 27.0. The van der Waals surface area contributed by atoms with Crippen LogP contribution in [-0.2, 0) is 17.7 Å². The summed E-state index contributed by atoms with van der Waals surface area (Å²) in [5.74, 6) is -1.52. The van der Waals surface area contributed by atoms with Gasteiger partial charge in [0.1, 0.15) is 17.2 Å². The Morgan fingerprint density at radius 2 is 1.74 bits per heavy atom. The van der Waals surface area contributed by atoms with Crippen LogP contribution in [0.25, 0.3) is 0 Å². The second kappa shape index (κ2) is 11.8. The van der Waals surface area contributed by atoms with Gasteiger partial charge < -0.3 is 25.6 Å². The largest absolute Gasteiger partial charge is 0.465 e. The predicted molar refractivity (Wildman–Crippen MR) is 124 cm³/mol. The van der Waals surface area contributed by atoms with Crippen molar-refractivity contribution < 1.29 is 33.3 Å². The summed E-state index contributed by atoms with van der Waals surface area (Å²) in [4.78, 5) is 24.5. The Hall–Kier alpha value is -3.24. The van der Waals surface area contributed by atoms with E-state index >= 15 is 0 Å². The van der Waals surface area contributed by atoms with E-state index in [9.17, 15) is 23.5 Å². The summed E-state index contributed by atoms with van der Waals surface area (Å²) in [5.41, 5.74) is 0.769. The maximum absolute atomic E-state index is 13.6. The van der Waals surface area contributed by atoms with Crippen molar-refractivity contribution in [1.29, 1.82) is 0 Å². The van der Waals surface area contributed by atoms with E-state index in [1.54, 1.807) is 45.0 Å². The molecule has 0 aliphatic rings. The highest BCUT2D eigenvalue weighted by Crippen LogP contribution is 2.16. The number of nitrogens with one attached hydrogen (secondary N) is 2. The number of anilines is 1. The number of hydrogen-bond donors (Lipinski definition) is 4. The fourth-order valence-electron chi connectivity index (χ4n) is 3.22. The number of hydrogen-bond acceptors (Lipinski definition) is 5. The lowest BCUT2D eigenvalue weighted by Crippen LogP contribution is -2.49. The number of carboxylic acid groups (broad SMARTS) is 1. The Bertz CT molecular complexity index is 977. The van der Waals surface area contributed by atoms with Crippen LogP contribution in [0.15, 0.2) is 42.5 Å². The van der Waals surface area contributed by atoms with Crippen molar-refractivity contribution in [3.8, 4) is 0 Å². The molecule has 8 nitrogen and oxygen atoms in total. The molecule has 0 bridgehead atoms. The standard InChI is InChI=1S/C24H31F2N3O5/c1-24(2,3)34-22(31)28-20(11-16-8-17(25)12-18(26)9-16)21(30)14-27-13-15-6-5-7-19(10-15)29(4)23(32)33/h5-10,12,20-21,27,30H,11,13-14H2,1-4H3,(H,28,31)(H,32,33)/t20-,21+/m0/s1. The molecule has 0 heterocycles. The third-order valence-corrected chi connectivity index (χ3v) is 4.81. The molecule has 0 aliphatic carbocycles. The lowest BCUT2D eigenvalue weighted by Gasteiger charge is -2.27. The fourth-order valence-corrected chi connectivity index (χ4v) is 3.22. The van der Waals surface area contributed by atoms with Gasteiger partial charge >= 0.3 is 12.2 Å². The molecule has 2 aromatic rings. The summed E-state index contributed by atoms with van der Waals surface area (Å²) >= 11 is 0. The fraction of sp³-hybridized carbons (Fsp3) is 0.417. The van der Waals surface area contributed by atoms with Crippen LogP contribution < -0.4 is 15.5 Å². The number of carbonyl (C=O) groups excluding carboxylic acids is 1. The maximum atomic E-state index is 13.6. The van der Waals surface area contributed by atoms with Crippen LogP contribution in [0, 0.1) is 11.6 Å². The molecule has 34 heavy (non-hydrogen) atoms. The van der Waals surface area contributed by atoms with Gasteiger partial charge in [0, 0.05) is 31.9 Å². The molecule has 0 saturated heterocycles. The summed E-state index contributed by atoms with van der Waals surface area (Å²) in [7, 11) is 1.43. The van der Waals surface area contributed by atoms with Crippen molar-refractivity contribution in [3.63, 3.8) is 0 Å². The number of rotatable bonds is 9. The normalized spacial score (nSPS) is 13.1. The number of benzene rings is 2. The van der Waals surface area contributed by atoms with Gasteiger partial charge in [-0.05, 0) is 62.6 Å². The van der Waals surface area contributed by atoms with E-state index in [4.69, 9.17) is 9.84 Å². The minimum atomic E-state index is -1.12. The van der Waals surface area contributed by atoms with Gasteiger partial charge in [0.25, 0.3) is 0 Å². The molecule has 186 valence electrons. The Morgan fingerprint density at radius 3 is 2.32 bits per heavy atom. The molecule has 2 aromatic carbocycles. The van der Waals surface area contributed by atoms with E-state index in [-0.39, 0.29) is 18.5 Å². The van der Waals surface area contributed by atoms with E-state index in [0.717, 1.165) is 28.7 Å². The van der Waals surface area contributed by atoms with E-state index in [0.29, 0.717) is 12.2 Å². The molecule has 2 atom stereocenters. The van der Waals surface area contributed by atoms with Crippen LogP contribution in [0.1, 0.15) is 31.9 Å². The summed E-state index contributed by atoms with van der Waals surface area (Å²) < 4.78 is 32.5. The highest BCUT2D eigenvalue weighted by molar-refractivity contribution is 5.85. The van der Waals surface area contributed by atoms with Gasteiger partial charge in [-0.25, -0.2) is 18.4 Å². The topological polar surface area (TPSA) is 111 Å². The van der Waals surface area contributed by atoms with Crippen LogP contribution >= 0.6 is 0 Å². The van der Waals surface area contributed by atoms with Crippen LogP contribution in [0.3, 0.4) is 0 Å². The van der Waals surface area contributed by atoms with Gasteiger partial charge in [0.2, 0.25) is 0 Å². The number of aliphatic hydroxyl groups is 1. The van der Waals surface area contributed by atoms with Gasteiger partial charge in [-0.1, -0.05) is 12.1 Å². The van der Waals surface area contributed by atoms with Crippen molar-refractivity contribution >= 4 is 17.9 Å². The molecule has 0 radical (unpaired) electrons. The lowest BCUT2D eigenvalue weighted by atomic mass is 10.0. The van der Waals surface area contributed by atoms with Crippen LogP contribution in [0.4, 0.5) is 24.1 Å². The number of amides is 2. The highest BCUT2D eigenvalue weighted by atomic mass is 19.1. The van der Waals surface area contributed by atoms with E-state index in [2.05, 4.69) is 10.6 Å². The highest BCUT2D eigenvalue weighted by Gasteiger charge is 2.25. The second-order valence-corrected chi connectivity index (χ2v) is 8.94. The van der Waals surface area contributed by atoms with E-state index < -0.39 is 41.6 Å². The van der Waals surface area contributed by atoms with Crippen LogP contribution in [-0.4, -0.2) is 53.7 Å². The first-order valence-electron chi connectivity index (χ1n) is 10.7. The summed E-state index contributed by atoms with van der Waals surface area (Å²) in [6, 6.07) is 8.99. The van der Waals surface area contributed by atoms with Gasteiger partial charge in [-0.3, -0.25) is 4.90 Å². The van der Waals surface area contributed by atoms with Crippen LogP contribution in [0.5, 0.6) is 0 Å². The summed E-state index contributed by atoms with van der Waals surface area (Å²) in [6.07, 6.45) is -3.01. The molecular weight excluding hydrogens is 448 g/mol. The van der Waals surface area contributed by atoms with Gasteiger partial charge in [-0.2, -0.15) is 0 Å². The number of carbonyl (C=O) groups is 2. The molecule has 0 spiro atoms. The van der Waals surface area contributed by atoms with Gasteiger partial charge in [0.15, 0.2) is 0 Å². The molecule has 0 saturated carbocycles. The number of nitrogens with zero attached hydrogens (tertiary/aromatic N) is 1. The number of halogens is 2. The first-order valence-corrected chi connectivity index (χ1v) is 10.7. The number of ether oxygens (including phenoxy) is 1. The molecule has 2 rings (SSSR count). The second-order valence-electron chi connectivity index (χ2n) is 8.94. The summed E-state index contributed by atoms with van der Waals surface area (Å²) in [5, 5.41) is 25.5. The third-order valence-electron chi connectivity index (χ3n) is 4.81.